The number of hydrogen-bond acceptors (Lipinski definition) is 5. The monoisotopic (exact) mass is 549 g/mol. The van der Waals surface area contributed by atoms with E-state index in [1.54, 1.807) is 17.6 Å². The molecule has 2 aromatic carbocycles. The molecule has 1 aliphatic rings. The van der Waals surface area contributed by atoms with Gasteiger partial charge in [0.2, 0.25) is 23.5 Å². The summed E-state index contributed by atoms with van der Waals surface area (Å²) in [5, 5.41) is 9.68. The number of para-hydroxylation sites is 1. The van der Waals surface area contributed by atoms with Crippen molar-refractivity contribution in [2.24, 2.45) is 0 Å². The van der Waals surface area contributed by atoms with Gasteiger partial charge in [-0.2, -0.15) is 18.2 Å². The zero-order valence-corrected chi connectivity index (χ0v) is 20.6. The Bertz CT molecular complexity index is 1560. The second-order valence-corrected chi connectivity index (χ2v) is 9.41. The predicted molar refractivity (Wildman–Crippen MR) is 129 cm³/mol. The van der Waals surface area contributed by atoms with Crippen molar-refractivity contribution in [2.75, 3.05) is 0 Å². The van der Waals surface area contributed by atoms with E-state index in [4.69, 9.17) is 16.1 Å². The fourth-order valence-electron chi connectivity index (χ4n) is 4.25. The second-order valence-electron chi connectivity index (χ2n) is 9.03. The van der Waals surface area contributed by atoms with E-state index < -0.39 is 35.8 Å². The average Bonchev–Trinajstić information content (AvgIpc) is 3.40. The number of aromatic nitrogens is 3. The lowest BCUT2D eigenvalue weighted by molar-refractivity contribution is -0.155. The van der Waals surface area contributed by atoms with Gasteiger partial charge in [0, 0.05) is 30.1 Å². The van der Waals surface area contributed by atoms with E-state index in [2.05, 4.69) is 20.8 Å². The molecule has 0 saturated heterocycles. The van der Waals surface area contributed by atoms with Gasteiger partial charge < -0.3 is 19.7 Å². The second kappa shape index (κ2) is 9.43. The van der Waals surface area contributed by atoms with E-state index in [1.807, 2.05) is 24.3 Å². The number of alkyl halides is 3. The van der Waals surface area contributed by atoms with E-state index in [1.165, 1.54) is 12.1 Å². The molecule has 8 nitrogen and oxygen atoms in total. The minimum atomic E-state index is -4.68. The first kappa shape index (κ1) is 25.7. The van der Waals surface area contributed by atoms with Crippen LogP contribution in [0, 0.1) is 12.7 Å². The summed E-state index contributed by atoms with van der Waals surface area (Å²) in [6.45, 7) is 1.40. The van der Waals surface area contributed by atoms with Crippen LogP contribution in [0.25, 0.3) is 28.1 Å². The van der Waals surface area contributed by atoms with Crippen molar-refractivity contribution in [1.82, 2.24) is 25.3 Å². The summed E-state index contributed by atoms with van der Waals surface area (Å²) in [4.78, 5) is 28.5. The number of carbonyl (C=O) groups excluding carboxylic acids is 2. The third-order valence-corrected chi connectivity index (χ3v) is 6.59. The zero-order valence-electron chi connectivity index (χ0n) is 19.8. The summed E-state index contributed by atoms with van der Waals surface area (Å²) in [5.41, 5.74) is 0.239. The predicted octanol–water partition coefficient (Wildman–Crippen LogP) is 5.00. The van der Waals surface area contributed by atoms with Crippen LogP contribution in [0.3, 0.4) is 0 Å². The normalized spacial score (nSPS) is 14.5. The lowest BCUT2D eigenvalue weighted by Crippen LogP contribution is -2.49. The highest BCUT2D eigenvalue weighted by Crippen LogP contribution is 2.39. The van der Waals surface area contributed by atoms with E-state index in [0.29, 0.717) is 33.2 Å². The number of rotatable bonds is 7. The van der Waals surface area contributed by atoms with Crippen LogP contribution in [0.1, 0.15) is 30.7 Å². The lowest BCUT2D eigenvalue weighted by Gasteiger charge is -2.18. The highest BCUT2D eigenvalue weighted by Gasteiger charge is 2.51. The summed E-state index contributed by atoms with van der Waals surface area (Å²) < 4.78 is 59.4. The summed E-state index contributed by atoms with van der Waals surface area (Å²) in [6, 6.07) is 11.6. The molecular weight excluding hydrogens is 530 g/mol. The fraction of sp³-hybridized carbons (Fsp3) is 0.280. The fourth-order valence-corrected chi connectivity index (χ4v) is 4.58. The molecule has 0 bridgehead atoms. The number of nitrogens with one attached hydrogen (secondary N) is 2. The smallest absolute Gasteiger partial charge is 0.350 e. The molecule has 2 aromatic heterocycles. The number of hydrogen-bond donors (Lipinski definition) is 2. The number of nitrogens with zero attached hydrogens (tertiary/aromatic N) is 3. The third-order valence-electron chi connectivity index (χ3n) is 6.21. The molecular formula is C25H20ClF4N5O3. The Hall–Kier alpha value is -3.93. The lowest BCUT2D eigenvalue weighted by atomic mass is 10.1. The number of benzene rings is 2. The highest BCUT2D eigenvalue weighted by atomic mass is 35.5. The molecule has 0 atom stereocenters. The summed E-state index contributed by atoms with van der Waals surface area (Å²) in [5.74, 6) is -2.05. The van der Waals surface area contributed by atoms with Crippen LogP contribution >= 0.6 is 11.6 Å². The quantitative estimate of drug-likeness (QED) is 0.316. The first-order chi connectivity index (χ1) is 18.0. The molecule has 0 unspecified atom stereocenters. The van der Waals surface area contributed by atoms with Crippen LogP contribution in [0.15, 0.2) is 47.0 Å². The van der Waals surface area contributed by atoms with Crippen LogP contribution in [-0.4, -0.2) is 38.2 Å². The molecule has 38 heavy (non-hydrogen) atoms. The molecule has 13 heteroatoms. The van der Waals surface area contributed by atoms with Crippen LogP contribution in [0.4, 0.5) is 17.6 Å². The summed E-state index contributed by atoms with van der Waals surface area (Å²) >= 11 is 6.66. The van der Waals surface area contributed by atoms with Crippen molar-refractivity contribution in [3.63, 3.8) is 0 Å². The minimum absolute atomic E-state index is 0.138. The van der Waals surface area contributed by atoms with Gasteiger partial charge in [-0.1, -0.05) is 41.0 Å². The molecule has 198 valence electrons. The molecule has 2 N–H and O–H groups in total. The molecule has 1 saturated carbocycles. The third kappa shape index (κ3) is 4.95. The van der Waals surface area contributed by atoms with Crippen molar-refractivity contribution < 1.29 is 31.7 Å². The largest absolute Gasteiger partial charge is 0.397 e. The van der Waals surface area contributed by atoms with E-state index in [0.717, 1.165) is 0 Å². The van der Waals surface area contributed by atoms with Gasteiger partial charge in [0.05, 0.1) is 10.5 Å². The Labute approximate surface area is 217 Å². The van der Waals surface area contributed by atoms with Gasteiger partial charge in [-0.3, -0.25) is 9.59 Å². The van der Waals surface area contributed by atoms with Gasteiger partial charge in [-0.05, 0) is 31.0 Å². The van der Waals surface area contributed by atoms with Crippen molar-refractivity contribution in [3.05, 3.63) is 64.8 Å². The van der Waals surface area contributed by atoms with Crippen molar-refractivity contribution >= 4 is 34.3 Å². The molecule has 4 aromatic rings. The van der Waals surface area contributed by atoms with Crippen molar-refractivity contribution in [2.45, 2.75) is 44.4 Å². The van der Waals surface area contributed by atoms with Gasteiger partial charge in [-0.15, -0.1) is 0 Å². The maximum atomic E-state index is 15.2. The highest BCUT2D eigenvalue weighted by molar-refractivity contribution is 6.38. The Morgan fingerprint density at radius 1 is 1.18 bits per heavy atom. The zero-order chi connectivity index (χ0) is 27.2. The van der Waals surface area contributed by atoms with Crippen molar-refractivity contribution in [3.8, 4) is 17.2 Å². The van der Waals surface area contributed by atoms with Crippen LogP contribution in [-0.2, 0) is 16.1 Å². The van der Waals surface area contributed by atoms with E-state index in [9.17, 15) is 22.8 Å². The Kier molecular flexibility index (Phi) is 6.38. The van der Waals surface area contributed by atoms with Crippen LogP contribution in [0.2, 0.25) is 5.02 Å². The van der Waals surface area contributed by atoms with Gasteiger partial charge in [0.15, 0.2) is 0 Å². The number of halogens is 5. The first-order valence-electron chi connectivity index (χ1n) is 11.5. The SMILES string of the molecule is Cc1nc(-c2c(Cl)c3ccccc3n2-c2ccc(CNC(=O)C3(NC(=O)CC(F)(F)F)CC3)c(F)c2)no1. The molecule has 1 aliphatic carbocycles. The first-order valence-corrected chi connectivity index (χ1v) is 11.9. The van der Waals surface area contributed by atoms with Crippen LogP contribution < -0.4 is 10.6 Å². The topological polar surface area (TPSA) is 102 Å². The average molecular weight is 550 g/mol. The molecule has 2 heterocycles. The van der Waals surface area contributed by atoms with Crippen LogP contribution in [0.5, 0.6) is 0 Å². The summed E-state index contributed by atoms with van der Waals surface area (Å²) in [6.07, 6.45) is -5.96. The van der Waals surface area contributed by atoms with Gasteiger partial charge in [0.1, 0.15) is 23.5 Å². The number of aryl methyl sites for hydroxylation is 1. The van der Waals surface area contributed by atoms with Crippen molar-refractivity contribution in [1.29, 1.82) is 0 Å². The molecule has 0 aliphatic heterocycles. The summed E-state index contributed by atoms with van der Waals surface area (Å²) in [7, 11) is 0. The molecule has 1 fully saturated rings. The van der Waals surface area contributed by atoms with Gasteiger partial charge >= 0.3 is 6.18 Å². The molecule has 0 radical (unpaired) electrons. The standard InChI is InChI=1S/C25H20ClF4N5O3/c1-13-32-22(34-38-13)21-20(26)16-4-2-3-5-18(16)35(21)15-7-6-14(17(27)10-15)12-31-23(37)24(8-9-24)33-19(36)11-25(28,29)30/h2-7,10H,8-9,11-12H2,1H3,(H,31,37)(H,33,36). The maximum Gasteiger partial charge on any atom is 0.397 e. The molecule has 0 spiro atoms. The number of fused-ring (bicyclic) bond motifs is 1. The van der Waals surface area contributed by atoms with Gasteiger partial charge in [-0.25, -0.2) is 4.39 Å². The molecule has 5 rings (SSSR count). The Balaban J connectivity index is 1.38. The minimum Gasteiger partial charge on any atom is -0.350 e. The van der Waals surface area contributed by atoms with Gasteiger partial charge in [0.25, 0.3) is 0 Å². The Morgan fingerprint density at radius 2 is 1.92 bits per heavy atom. The maximum absolute atomic E-state index is 15.2. The molecule has 2 amide bonds. The number of carbonyl (C=O) groups is 2. The Morgan fingerprint density at radius 3 is 2.55 bits per heavy atom. The van der Waals surface area contributed by atoms with E-state index >= 15 is 4.39 Å². The number of amides is 2. The van der Waals surface area contributed by atoms with E-state index in [-0.39, 0.29) is 30.8 Å².